The largest absolute Gasteiger partial charge is 0.456 e. The number of fused-ring (bicyclic) bond motifs is 17. The lowest BCUT2D eigenvalue weighted by Crippen LogP contribution is -2.09. The number of hydrogen-bond donors (Lipinski definition) is 0. The van der Waals surface area contributed by atoms with Crippen molar-refractivity contribution in [2.24, 2.45) is 0 Å². The molecule has 0 saturated carbocycles. The van der Waals surface area contributed by atoms with Crippen LogP contribution in [0.15, 0.2) is 168 Å². The van der Waals surface area contributed by atoms with Gasteiger partial charge in [-0.1, -0.05) is 97.1 Å². The van der Waals surface area contributed by atoms with Gasteiger partial charge in [0.2, 0.25) is 0 Å². The first kappa shape index (κ1) is 26.8. The van der Waals surface area contributed by atoms with Crippen LogP contribution in [0.4, 0.5) is 17.1 Å². The maximum atomic E-state index is 6.38. The fourth-order valence-corrected chi connectivity index (χ4v) is 9.55. The number of furan rings is 1. The van der Waals surface area contributed by atoms with Gasteiger partial charge in [0.25, 0.3) is 0 Å². The van der Waals surface area contributed by atoms with E-state index in [-0.39, 0.29) is 0 Å². The summed E-state index contributed by atoms with van der Waals surface area (Å²) in [6.07, 6.45) is 0. The van der Waals surface area contributed by atoms with E-state index in [2.05, 4.69) is 177 Å². The highest BCUT2D eigenvalue weighted by atomic mass is 16.3. The Morgan fingerprint density at radius 1 is 0.327 bits per heavy atom. The van der Waals surface area contributed by atoms with E-state index in [9.17, 15) is 0 Å². The molecule has 0 bridgehead atoms. The third kappa shape index (κ3) is 3.15. The Bertz CT molecular complexity index is 3530. The summed E-state index contributed by atoms with van der Waals surface area (Å²) in [6, 6.07) is 59.4. The molecule has 5 heterocycles. The van der Waals surface area contributed by atoms with Gasteiger partial charge in [0.1, 0.15) is 11.2 Å². The molecule has 0 radical (unpaired) electrons. The van der Waals surface area contributed by atoms with Crippen LogP contribution in [-0.4, -0.2) is 8.80 Å². The summed E-state index contributed by atoms with van der Waals surface area (Å²) in [6.45, 7) is 0. The van der Waals surface area contributed by atoms with Gasteiger partial charge in [-0.2, -0.15) is 0 Å². The van der Waals surface area contributed by atoms with Gasteiger partial charge in [-0.3, -0.25) is 0 Å². The summed E-state index contributed by atoms with van der Waals surface area (Å²) in [5.74, 6) is 0. The number of hydrogen-bond acceptors (Lipinski definition) is 2. The molecule has 0 N–H and O–H groups in total. The van der Waals surface area contributed by atoms with E-state index >= 15 is 0 Å². The standard InChI is InChI=1S/C48H27N3O/c1-3-12-28(13-4-1)49(29-14-5-2-6-15-29)30-22-23-31-36-27-40-44(46-32-16-7-9-20-37(32)50(48(36)46)39(31)26-30)35-19-11-18-34-43-38(51(40)47(34)35)24-25-42-45(43)33-17-8-10-21-41(33)52-42/h1-27H. The van der Waals surface area contributed by atoms with Gasteiger partial charge in [-0.05, 0) is 66.7 Å². The smallest absolute Gasteiger partial charge is 0.136 e. The molecule has 4 nitrogen and oxygen atoms in total. The normalized spacial score (nSPS) is 12.6. The van der Waals surface area contributed by atoms with E-state index in [4.69, 9.17) is 4.42 Å². The predicted molar refractivity (Wildman–Crippen MR) is 218 cm³/mol. The lowest BCUT2D eigenvalue weighted by atomic mass is 10.00. The second kappa shape index (κ2) is 9.39. The average Bonchev–Trinajstić information content (AvgIpc) is 3.99. The van der Waals surface area contributed by atoms with Crippen LogP contribution >= 0.6 is 0 Å². The number of nitrogens with zero attached hydrogens (tertiary/aromatic N) is 3. The van der Waals surface area contributed by atoms with E-state index in [1.165, 1.54) is 81.6 Å². The van der Waals surface area contributed by atoms with Crippen LogP contribution in [0.5, 0.6) is 0 Å². The molecule has 0 aliphatic heterocycles. The van der Waals surface area contributed by atoms with Crippen LogP contribution in [0.2, 0.25) is 0 Å². The van der Waals surface area contributed by atoms with Crippen molar-refractivity contribution >= 4 is 115 Å². The van der Waals surface area contributed by atoms with E-state index in [1.54, 1.807) is 0 Å². The van der Waals surface area contributed by atoms with Gasteiger partial charge in [0.05, 0.1) is 33.1 Å². The third-order valence-corrected chi connectivity index (χ3v) is 11.5. The lowest BCUT2D eigenvalue weighted by molar-refractivity contribution is 0.669. The van der Waals surface area contributed by atoms with Crippen LogP contribution in [0.25, 0.3) is 98.1 Å². The zero-order chi connectivity index (χ0) is 33.7. The Morgan fingerprint density at radius 3 is 1.77 bits per heavy atom. The Balaban J connectivity index is 1.20. The maximum Gasteiger partial charge on any atom is 0.136 e. The molecule has 0 aliphatic carbocycles. The highest BCUT2D eigenvalue weighted by molar-refractivity contribution is 6.39. The van der Waals surface area contributed by atoms with Crippen LogP contribution in [0.1, 0.15) is 0 Å². The Hall–Kier alpha value is -7.04. The summed E-state index contributed by atoms with van der Waals surface area (Å²) >= 11 is 0. The average molecular weight is 662 g/mol. The molecule has 52 heavy (non-hydrogen) atoms. The van der Waals surface area contributed by atoms with Crippen molar-refractivity contribution in [2.75, 3.05) is 4.90 Å². The molecule has 0 atom stereocenters. The van der Waals surface area contributed by atoms with Gasteiger partial charge in [0.15, 0.2) is 0 Å². The number of anilines is 3. The van der Waals surface area contributed by atoms with Crippen molar-refractivity contribution in [3.05, 3.63) is 164 Å². The van der Waals surface area contributed by atoms with Gasteiger partial charge >= 0.3 is 0 Å². The van der Waals surface area contributed by atoms with Crippen LogP contribution < -0.4 is 4.90 Å². The van der Waals surface area contributed by atoms with Gasteiger partial charge in [-0.25, -0.2) is 0 Å². The van der Waals surface area contributed by atoms with Crippen molar-refractivity contribution in [3.8, 4) is 0 Å². The predicted octanol–water partition coefficient (Wildman–Crippen LogP) is 13.4. The number of aromatic nitrogens is 2. The minimum atomic E-state index is 0.927. The van der Waals surface area contributed by atoms with Crippen molar-refractivity contribution < 1.29 is 4.42 Å². The molecule has 13 rings (SSSR count). The highest BCUT2D eigenvalue weighted by Gasteiger charge is 2.27. The molecular weight excluding hydrogens is 635 g/mol. The monoisotopic (exact) mass is 661 g/mol. The molecule has 4 heteroatoms. The third-order valence-electron chi connectivity index (χ3n) is 11.5. The minimum Gasteiger partial charge on any atom is -0.456 e. The molecular formula is C48H27N3O. The van der Waals surface area contributed by atoms with E-state index in [0.717, 1.165) is 33.6 Å². The summed E-state index contributed by atoms with van der Waals surface area (Å²) in [4.78, 5) is 2.35. The van der Waals surface area contributed by atoms with Crippen molar-refractivity contribution in [2.45, 2.75) is 0 Å². The first-order chi connectivity index (χ1) is 25.8. The number of rotatable bonds is 3. The zero-order valence-corrected chi connectivity index (χ0v) is 27.8. The van der Waals surface area contributed by atoms with Crippen molar-refractivity contribution in [1.82, 2.24) is 8.80 Å². The van der Waals surface area contributed by atoms with Crippen LogP contribution in [-0.2, 0) is 0 Å². The molecule has 5 aromatic heterocycles. The number of benzene rings is 8. The summed E-state index contributed by atoms with van der Waals surface area (Å²) in [7, 11) is 0. The molecule has 0 amide bonds. The molecule has 0 saturated heterocycles. The SMILES string of the molecule is c1ccc(N(c2ccccc2)c2ccc3c4cc5c(c6cccc7c8c9c(ccc8n5c76)oc5ccccc59)c5c6ccccc6n(c3c2)c45)cc1. The van der Waals surface area contributed by atoms with Crippen molar-refractivity contribution in [1.29, 1.82) is 0 Å². The van der Waals surface area contributed by atoms with Gasteiger partial charge < -0.3 is 18.1 Å². The summed E-state index contributed by atoms with van der Waals surface area (Å²) < 4.78 is 11.4. The summed E-state index contributed by atoms with van der Waals surface area (Å²) in [5.41, 5.74) is 12.7. The quantitative estimate of drug-likeness (QED) is 0.188. The molecule has 13 aromatic rings. The Labute approximate surface area is 296 Å². The number of para-hydroxylation sites is 5. The minimum absolute atomic E-state index is 0.927. The second-order valence-corrected chi connectivity index (χ2v) is 14.1. The van der Waals surface area contributed by atoms with Crippen molar-refractivity contribution in [3.63, 3.8) is 0 Å². The Morgan fingerprint density at radius 2 is 0.981 bits per heavy atom. The van der Waals surface area contributed by atoms with Crippen LogP contribution in [0, 0.1) is 0 Å². The van der Waals surface area contributed by atoms with Crippen LogP contribution in [0.3, 0.4) is 0 Å². The molecule has 0 spiro atoms. The van der Waals surface area contributed by atoms with Gasteiger partial charge in [-0.15, -0.1) is 0 Å². The van der Waals surface area contributed by atoms with E-state index < -0.39 is 0 Å². The molecule has 0 fully saturated rings. The molecule has 240 valence electrons. The van der Waals surface area contributed by atoms with Gasteiger partial charge in [0, 0.05) is 70.9 Å². The fourth-order valence-electron chi connectivity index (χ4n) is 9.55. The topological polar surface area (TPSA) is 25.2 Å². The van der Waals surface area contributed by atoms with E-state index in [1.807, 2.05) is 0 Å². The molecule has 0 unspecified atom stereocenters. The first-order valence-corrected chi connectivity index (χ1v) is 17.9. The Kier molecular flexibility index (Phi) is 4.83. The lowest BCUT2D eigenvalue weighted by Gasteiger charge is -2.25. The molecule has 0 aliphatic rings. The summed E-state index contributed by atoms with van der Waals surface area (Å²) in [5, 5.41) is 12.6. The highest BCUT2D eigenvalue weighted by Crippen LogP contribution is 2.50. The van der Waals surface area contributed by atoms with E-state index in [0.29, 0.717) is 0 Å². The maximum absolute atomic E-state index is 6.38. The zero-order valence-electron chi connectivity index (χ0n) is 27.8. The second-order valence-electron chi connectivity index (χ2n) is 14.1. The first-order valence-electron chi connectivity index (χ1n) is 17.9. The molecule has 8 aromatic carbocycles. The fraction of sp³-hybridized carbons (Fsp3) is 0.